The number of nitrogens with zero attached hydrogens (tertiary/aromatic N) is 2. The summed E-state index contributed by atoms with van der Waals surface area (Å²) in [6.07, 6.45) is 0.773. The summed E-state index contributed by atoms with van der Waals surface area (Å²) in [6, 6.07) is 0. The van der Waals surface area contributed by atoms with E-state index in [2.05, 4.69) is 15.3 Å². The normalized spacial score (nSPS) is 10.7. The Bertz CT molecular complexity index is 422. The van der Waals surface area contributed by atoms with Crippen LogP contribution in [0.3, 0.4) is 0 Å². The molecule has 0 atom stereocenters. The Labute approximate surface area is 90.1 Å². The van der Waals surface area contributed by atoms with Crippen LogP contribution >= 0.6 is 22.7 Å². The largest absolute Gasteiger partial charge is 0.390 e. The van der Waals surface area contributed by atoms with Gasteiger partial charge in [0.15, 0.2) is 0 Å². The van der Waals surface area contributed by atoms with Crippen molar-refractivity contribution in [2.75, 3.05) is 0 Å². The molecule has 0 aliphatic rings. The zero-order valence-electron chi connectivity index (χ0n) is 7.73. The molecule has 5 heteroatoms. The Morgan fingerprint density at radius 2 is 2.00 bits per heavy atom. The van der Waals surface area contributed by atoms with Crippen LogP contribution in [0.2, 0.25) is 0 Å². The number of aromatic nitrogens is 2. The van der Waals surface area contributed by atoms with E-state index in [0.29, 0.717) is 0 Å². The third-order valence-corrected chi connectivity index (χ3v) is 3.48. The number of aliphatic hydroxyl groups is 1. The minimum absolute atomic E-state index is 0.0204. The maximum Gasteiger partial charge on any atom is 0.0989 e. The molecule has 2 aromatic rings. The molecule has 2 aromatic heterocycles. The van der Waals surface area contributed by atoms with Crippen molar-refractivity contribution in [2.45, 2.75) is 20.0 Å². The van der Waals surface area contributed by atoms with E-state index in [1.165, 1.54) is 0 Å². The average Bonchev–Trinajstić information content (AvgIpc) is 2.76. The number of thiazole rings is 2. The van der Waals surface area contributed by atoms with E-state index in [0.717, 1.165) is 27.8 Å². The van der Waals surface area contributed by atoms with Gasteiger partial charge < -0.3 is 5.11 Å². The first-order valence-electron chi connectivity index (χ1n) is 4.23. The molecule has 0 bridgehead atoms. The van der Waals surface area contributed by atoms with Crippen molar-refractivity contribution in [3.05, 3.63) is 32.2 Å². The molecule has 0 saturated heterocycles. The minimum Gasteiger partial charge on any atom is -0.390 e. The molecule has 2 heterocycles. The topological polar surface area (TPSA) is 46.0 Å². The maximum atomic E-state index is 8.85. The van der Waals surface area contributed by atoms with Crippen LogP contribution in [0.1, 0.15) is 21.4 Å². The van der Waals surface area contributed by atoms with Crippen LogP contribution in [-0.2, 0) is 13.0 Å². The fraction of sp³-hybridized carbons (Fsp3) is 0.333. The SMILES string of the molecule is Cc1nc(Cc2nc(CO)cs2)cs1. The van der Waals surface area contributed by atoms with Gasteiger partial charge in [-0.1, -0.05) is 0 Å². The van der Waals surface area contributed by atoms with Crippen molar-refractivity contribution in [1.29, 1.82) is 0 Å². The highest BCUT2D eigenvalue weighted by Crippen LogP contribution is 2.16. The van der Waals surface area contributed by atoms with Gasteiger partial charge in [0, 0.05) is 17.2 Å². The van der Waals surface area contributed by atoms with Gasteiger partial charge in [-0.05, 0) is 6.92 Å². The first-order valence-corrected chi connectivity index (χ1v) is 5.99. The Morgan fingerprint density at radius 1 is 1.21 bits per heavy atom. The van der Waals surface area contributed by atoms with Crippen LogP contribution in [0.15, 0.2) is 10.8 Å². The molecule has 0 spiro atoms. The van der Waals surface area contributed by atoms with Crippen LogP contribution in [0, 0.1) is 6.92 Å². The summed E-state index contributed by atoms with van der Waals surface area (Å²) < 4.78 is 0. The highest BCUT2D eigenvalue weighted by atomic mass is 32.1. The number of hydrogen-bond donors (Lipinski definition) is 1. The average molecular weight is 226 g/mol. The molecule has 0 fully saturated rings. The van der Waals surface area contributed by atoms with Crippen LogP contribution in [0.25, 0.3) is 0 Å². The molecule has 0 aliphatic carbocycles. The monoisotopic (exact) mass is 226 g/mol. The van der Waals surface area contributed by atoms with Crippen molar-refractivity contribution in [3.63, 3.8) is 0 Å². The summed E-state index contributed by atoms with van der Waals surface area (Å²) in [6.45, 7) is 2.02. The number of aliphatic hydroxyl groups excluding tert-OH is 1. The lowest BCUT2D eigenvalue weighted by molar-refractivity contribution is 0.277. The van der Waals surface area contributed by atoms with Crippen LogP contribution < -0.4 is 0 Å². The van der Waals surface area contributed by atoms with Crippen molar-refractivity contribution in [1.82, 2.24) is 9.97 Å². The fourth-order valence-corrected chi connectivity index (χ4v) is 2.56. The molecule has 0 saturated carbocycles. The molecule has 1 N–H and O–H groups in total. The maximum absolute atomic E-state index is 8.85. The predicted octanol–water partition coefficient (Wildman–Crippen LogP) is 1.99. The zero-order valence-corrected chi connectivity index (χ0v) is 9.36. The highest BCUT2D eigenvalue weighted by molar-refractivity contribution is 7.10. The lowest BCUT2D eigenvalue weighted by atomic mass is 10.3. The standard InChI is InChI=1S/C9H10N2OS2/c1-6-10-7(4-13-6)2-9-11-8(3-12)5-14-9/h4-5,12H,2-3H2,1H3. The molecule has 2 rings (SSSR count). The summed E-state index contributed by atoms with van der Waals surface area (Å²) in [7, 11) is 0. The van der Waals surface area contributed by atoms with Gasteiger partial charge in [-0.25, -0.2) is 9.97 Å². The number of rotatable bonds is 3. The van der Waals surface area contributed by atoms with E-state index >= 15 is 0 Å². The third-order valence-electron chi connectivity index (χ3n) is 1.76. The molecule has 0 amide bonds. The quantitative estimate of drug-likeness (QED) is 0.870. The van der Waals surface area contributed by atoms with Gasteiger partial charge >= 0.3 is 0 Å². The molecular weight excluding hydrogens is 216 g/mol. The van der Waals surface area contributed by atoms with Gasteiger partial charge in [-0.15, -0.1) is 22.7 Å². The molecule has 0 aliphatic heterocycles. The van der Waals surface area contributed by atoms with Gasteiger partial charge in [0.1, 0.15) is 0 Å². The van der Waals surface area contributed by atoms with Crippen LogP contribution in [-0.4, -0.2) is 15.1 Å². The van der Waals surface area contributed by atoms with Gasteiger partial charge in [0.25, 0.3) is 0 Å². The van der Waals surface area contributed by atoms with Crippen LogP contribution in [0.4, 0.5) is 0 Å². The Morgan fingerprint density at radius 3 is 2.57 bits per heavy atom. The third kappa shape index (κ3) is 2.17. The van der Waals surface area contributed by atoms with Crippen molar-refractivity contribution < 1.29 is 5.11 Å². The minimum atomic E-state index is 0.0204. The summed E-state index contributed by atoms with van der Waals surface area (Å²) in [4.78, 5) is 8.63. The van der Waals surface area contributed by atoms with Crippen molar-refractivity contribution in [2.24, 2.45) is 0 Å². The molecule has 0 unspecified atom stereocenters. The lowest BCUT2D eigenvalue weighted by Crippen LogP contribution is -1.89. The van der Waals surface area contributed by atoms with E-state index in [1.807, 2.05) is 12.3 Å². The van der Waals surface area contributed by atoms with E-state index in [-0.39, 0.29) is 6.61 Å². The van der Waals surface area contributed by atoms with Gasteiger partial charge in [-0.2, -0.15) is 0 Å². The van der Waals surface area contributed by atoms with Gasteiger partial charge in [0.2, 0.25) is 0 Å². The first kappa shape index (κ1) is 9.76. The lowest BCUT2D eigenvalue weighted by Gasteiger charge is -1.90. The second-order valence-electron chi connectivity index (χ2n) is 2.93. The molecule has 74 valence electrons. The zero-order chi connectivity index (χ0) is 9.97. The van der Waals surface area contributed by atoms with Crippen molar-refractivity contribution in [3.8, 4) is 0 Å². The Hall–Kier alpha value is -0.780. The smallest absolute Gasteiger partial charge is 0.0989 e. The van der Waals surface area contributed by atoms with Gasteiger partial charge in [-0.3, -0.25) is 0 Å². The van der Waals surface area contributed by atoms with Crippen LogP contribution in [0.5, 0.6) is 0 Å². The molecule has 3 nitrogen and oxygen atoms in total. The highest BCUT2D eigenvalue weighted by Gasteiger charge is 2.04. The second-order valence-corrected chi connectivity index (χ2v) is 4.93. The predicted molar refractivity (Wildman–Crippen MR) is 57.7 cm³/mol. The van der Waals surface area contributed by atoms with E-state index in [4.69, 9.17) is 5.11 Å². The first-order chi connectivity index (χ1) is 6.78. The Kier molecular flexibility index (Phi) is 2.90. The van der Waals surface area contributed by atoms with E-state index in [9.17, 15) is 0 Å². The Balaban J connectivity index is 2.10. The second kappa shape index (κ2) is 4.16. The number of aryl methyl sites for hydroxylation is 1. The summed E-state index contributed by atoms with van der Waals surface area (Å²) in [5.74, 6) is 0. The molecule has 14 heavy (non-hydrogen) atoms. The van der Waals surface area contributed by atoms with Gasteiger partial charge in [0.05, 0.1) is 28.0 Å². The van der Waals surface area contributed by atoms with E-state index < -0.39 is 0 Å². The number of hydrogen-bond acceptors (Lipinski definition) is 5. The molecular formula is C9H10N2OS2. The summed E-state index contributed by atoms with van der Waals surface area (Å²) in [5.41, 5.74) is 1.81. The summed E-state index contributed by atoms with van der Waals surface area (Å²) >= 11 is 3.22. The molecule has 0 radical (unpaired) electrons. The molecule has 0 aromatic carbocycles. The van der Waals surface area contributed by atoms with Crippen molar-refractivity contribution >= 4 is 22.7 Å². The van der Waals surface area contributed by atoms with E-state index in [1.54, 1.807) is 22.7 Å². The fourth-order valence-electron chi connectivity index (χ4n) is 1.15. The summed E-state index contributed by atoms with van der Waals surface area (Å²) in [5, 5.41) is 14.9.